The Labute approximate surface area is 135 Å². The van der Waals surface area contributed by atoms with E-state index in [9.17, 15) is 4.79 Å². The van der Waals surface area contributed by atoms with Crippen molar-refractivity contribution in [2.75, 3.05) is 13.1 Å². The van der Waals surface area contributed by atoms with Crippen molar-refractivity contribution in [1.29, 1.82) is 0 Å². The minimum atomic E-state index is 0.152. The molecule has 0 atom stereocenters. The zero-order valence-electron chi connectivity index (χ0n) is 13.3. The van der Waals surface area contributed by atoms with Crippen molar-refractivity contribution in [3.8, 4) is 0 Å². The van der Waals surface area contributed by atoms with E-state index in [-0.39, 0.29) is 5.91 Å². The second kappa shape index (κ2) is 7.30. The number of carbonyl (C=O) groups is 1. The Hall–Kier alpha value is -2.31. The summed E-state index contributed by atoms with van der Waals surface area (Å²) in [6.07, 6.45) is 8.77. The number of amides is 1. The Balaban J connectivity index is 1.46. The largest absolute Gasteiger partial charge is 0.343 e. The van der Waals surface area contributed by atoms with Crippen molar-refractivity contribution in [1.82, 2.24) is 25.0 Å². The van der Waals surface area contributed by atoms with Gasteiger partial charge in [0.2, 0.25) is 11.8 Å². The molecule has 0 aromatic carbocycles. The summed E-state index contributed by atoms with van der Waals surface area (Å²) in [5.41, 5.74) is 1.03. The first-order valence-electron chi connectivity index (χ1n) is 8.11. The quantitative estimate of drug-likeness (QED) is 0.836. The van der Waals surface area contributed by atoms with Gasteiger partial charge in [0, 0.05) is 56.9 Å². The molecule has 1 aliphatic heterocycles. The highest BCUT2D eigenvalue weighted by Gasteiger charge is 2.24. The molecule has 3 heterocycles. The van der Waals surface area contributed by atoms with Crippen molar-refractivity contribution in [3.05, 3.63) is 36.0 Å². The van der Waals surface area contributed by atoms with E-state index in [1.165, 1.54) is 0 Å². The number of hydrogen-bond donors (Lipinski definition) is 0. The maximum atomic E-state index is 12.3. The summed E-state index contributed by atoms with van der Waals surface area (Å²) in [5, 5.41) is 3.84. The summed E-state index contributed by atoms with van der Waals surface area (Å²) >= 11 is 0. The Morgan fingerprint density at radius 2 is 2.17 bits per heavy atom. The Morgan fingerprint density at radius 1 is 1.35 bits per heavy atom. The van der Waals surface area contributed by atoms with E-state index in [0.717, 1.165) is 38.0 Å². The molecule has 7 heteroatoms. The van der Waals surface area contributed by atoms with Crippen LogP contribution in [0.3, 0.4) is 0 Å². The lowest BCUT2D eigenvalue weighted by Gasteiger charge is -2.31. The zero-order chi connectivity index (χ0) is 16.1. The summed E-state index contributed by atoms with van der Waals surface area (Å²) in [6, 6.07) is 0. The van der Waals surface area contributed by atoms with Crippen molar-refractivity contribution in [2.45, 2.75) is 44.9 Å². The van der Waals surface area contributed by atoms with Crippen LogP contribution < -0.4 is 0 Å². The lowest BCUT2D eigenvalue weighted by Crippen LogP contribution is -2.38. The third-order valence-electron chi connectivity index (χ3n) is 4.23. The van der Waals surface area contributed by atoms with Gasteiger partial charge in [0.1, 0.15) is 0 Å². The number of piperidine rings is 1. The Morgan fingerprint density at radius 3 is 2.83 bits per heavy atom. The van der Waals surface area contributed by atoms with E-state index in [1.54, 1.807) is 12.4 Å². The first-order chi connectivity index (χ1) is 11.3. The van der Waals surface area contributed by atoms with Crippen LogP contribution in [0.1, 0.15) is 49.5 Å². The van der Waals surface area contributed by atoms with Crippen LogP contribution in [0.2, 0.25) is 0 Å². The SMILES string of the molecule is CCc1noc(CCC(=O)N2CCC(c3cnccn3)CC2)n1. The average molecular weight is 315 g/mol. The van der Waals surface area contributed by atoms with Crippen LogP contribution in [-0.2, 0) is 17.6 Å². The van der Waals surface area contributed by atoms with E-state index in [4.69, 9.17) is 4.52 Å². The molecule has 0 radical (unpaired) electrons. The maximum Gasteiger partial charge on any atom is 0.227 e. The van der Waals surface area contributed by atoms with Gasteiger partial charge < -0.3 is 9.42 Å². The summed E-state index contributed by atoms with van der Waals surface area (Å²) < 4.78 is 5.12. The minimum Gasteiger partial charge on any atom is -0.343 e. The van der Waals surface area contributed by atoms with Crippen molar-refractivity contribution in [2.24, 2.45) is 0 Å². The molecule has 0 unspecified atom stereocenters. The van der Waals surface area contributed by atoms with Gasteiger partial charge in [-0.25, -0.2) is 0 Å². The van der Waals surface area contributed by atoms with Gasteiger partial charge in [-0.05, 0) is 12.8 Å². The monoisotopic (exact) mass is 315 g/mol. The summed E-state index contributed by atoms with van der Waals surface area (Å²) in [4.78, 5) is 26.9. The fourth-order valence-corrected chi connectivity index (χ4v) is 2.85. The molecule has 122 valence electrons. The lowest BCUT2D eigenvalue weighted by atomic mass is 9.93. The Kier molecular flexibility index (Phi) is 4.95. The molecule has 0 spiro atoms. The molecule has 7 nitrogen and oxygen atoms in total. The van der Waals surface area contributed by atoms with E-state index >= 15 is 0 Å². The van der Waals surface area contributed by atoms with Crippen LogP contribution in [0.4, 0.5) is 0 Å². The van der Waals surface area contributed by atoms with Crippen LogP contribution in [0, 0.1) is 0 Å². The van der Waals surface area contributed by atoms with Crippen LogP contribution >= 0.6 is 0 Å². The number of hydrogen-bond acceptors (Lipinski definition) is 6. The lowest BCUT2D eigenvalue weighted by molar-refractivity contribution is -0.132. The minimum absolute atomic E-state index is 0.152. The van der Waals surface area contributed by atoms with Gasteiger partial charge >= 0.3 is 0 Å². The standard InChI is InChI=1S/C16H21N5O2/c1-2-14-19-15(23-20-14)3-4-16(22)21-9-5-12(6-10-21)13-11-17-7-8-18-13/h7-8,11-12H,2-6,9-10H2,1H3. The van der Waals surface area contributed by atoms with Crippen LogP contribution in [-0.4, -0.2) is 44.0 Å². The molecule has 1 fully saturated rings. The summed E-state index contributed by atoms with van der Waals surface area (Å²) in [5.74, 6) is 1.79. The topological polar surface area (TPSA) is 85.0 Å². The fraction of sp³-hybridized carbons (Fsp3) is 0.562. The van der Waals surface area contributed by atoms with E-state index < -0.39 is 0 Å². The van der Waals surface area contributed by atoms with Crippen LogP contribution in [0.15, 0.2) is 23.1 Å². The third-order valence-corrected chi connectivity index (χ3v) is 4.23. The highest BCUT2D eigenvalue weighted by Crippen LogP contribution is 2.26. The maximum absolute atomic E-state index is 12.3. The molecule has 1 amide bonds. The number of nitrogens with zero attached hydrogens (tertiary/aromatic N) is 5. The fourth-order valence-electron chi connectivity index (χ4n) is 2.85. The van der Waals surface area contributed by atoms with Gasteiger partial charge in [-0.15, -0.1) is 0 Å². The van der Waals surface area contributed by atoms with Gasteiger partial charge in [0.25, 0.3) is 0 Å². The first kappa shape index (κ1) is 15.6. The molecule has 0 saturated carbocycles. The molecular formula is C16H21N5O2. The highest BCUT2D eigenvalue weighted by atomic mass is 16.5. The second-order valence-electron chi connectivity index (χ2n) is 5.74. The second-order valence-corrected chi connectivity index (χ2v) is 5.74. The number of aromatic nitrogens is 4. The molecule has 0 aliphatic carbocycles. The normalized spacial score (nSPS) is 15.8. The molecule has 1 aliphatic rings. The highest BCUT2D eigenvalue weighted by molar-refractivity contribution is 5.76. The number of aryl methyl sites for hydroxylation is 2. The molecule has 3 rings (SSSR count). The van der Waals surface area contributed by atoms with E-state index in [1.807, 2.05) is 18.0 Å². The van der Waals surface area contributed by atoms with Crippen LogP contribution in [0.5, 0.6) is 0 Å². The molecular weight excluding hydrogens is 294 g/mol. The molecule has 0 N–H and O–H groups in total. The number of rotatable bonds is 5. The molecule has 0 bridgehead atoms. The Bertz CT molecular complexity index is 635. The predicted molar refractivity (Wildman–Crippen MR) is 82.6 cm³/mol. The van der Waals surface area contributed by atoms with Crippen molar-refractivity contribution >= 4 is 5.91 Å². The molecule has 2 aromatic heterocycles. The molecule has 1 saturated heterocycles. The molecule has 23 heavy (non-hydrogen) atoms. The third kappa shape index (κ3) is 3.91. The smallest absolute Gasteiger partial charge is 0.227 e. The average Bonchev–Trinajstić information content (AvgIpc) is 3.09. The van der Waals surface area contributed by atoms with Gasteiger partial charge in [0.05, 0.1) is 5.69 Å². The summed E-state index contributed by atoms with van der Waals surface area (Å²) in [7, 11) is 0. The predicted octanol–water partition coefficient (Wildman–Crippen LogP) is 1.76. The zero-order valence-corrected chi connectivity index (χ0v) is 13.3. The van der Waals surface area contributed by atoms with Gasteiger partial charge in [-0.1, -0.05) is 12.1 Å². The first-order valence-corrected chi connectivity index (χ1v) is 8.11. The van der Waals surface area contributed by atoms with Crippen molar-refractivity contribution < 1.29 is 9.32 Å². The van der Waals surface area contributed by atoms with E-state index in [2.05, 4.69) is 20.1 Å². The van der Waals surface area contributed by atoms with Crippen molar-refractivity contribution in [3.63, 3.8) is 0 Å². The number of likely N-dealkylation sites (tertiary alicyclic amines) is 1. The number of carbonyl (C=O) groups excluding carboxylic acids is 1. The van der Waals surface area contributed by atoms with Gasteiger partial charge in [-0.3, -0.25) is 14.8 Å². The van der Waals surface area contributed by atoms with Gasteiger partial charge in [-0.2, -0.15) is 4.98 Å². The van der Waals surface area contributed by atoms with Gasteiger partial charge in [0.15, 0.2) is 5.82 Å². The molecule has 2 aromatic rings. The summed E-state index contributed by atoms with van der Waals surface area (Å²) in [6.45, 7) is 3.51. The van der Waals surface area contributed by atoms with E-state index in [0.29, 0.717) is 30.5 Å². The van der Waals surface area contributed by atoms with Crippen LogP contribution in [0.25, 0.3) is 0 Å².